The lowest BCUT2D eigenvalue weighted by Crippen LogP contribution is -2.63. The summed E-state index contributed by atoms with van der Waals surface area (Å²) in [4.78, 5) is 0. The van der Waals surface area contributed by atoms with Crippen molar-refractivity contribution in [3.05, 3.63) is 0 Å². The molecule has 4 atom stereocenters. The van der Waals surface area contributed by atoms with Crippen molar-refractivity contribution in [1.29, 1.82) is 0 Å². The molecule has 3 rings (SSSR count). The van der Waals surface area contributed by atoms with E-state index in [2.05, 4.69) is 0 Å². The Morgan fingerprint density at radius 3 is 2.55 bits per heavy atom. The maximum absolute atomic E-state index is 6.39. The highest BCUT2D eigenvalue weighted by Gasteiger charge is 2.62. The molecule has 0 aromatic rings. The third-order valence-corrected chi connectivity index (χ3v) is 4.59. The Bertz CT molecular complexity index is 177. The molecule has 4 unspecified atom stereocenters. The zero-order valence-electron chi connectivity index (χ0n) is 7.05. The minimum absolute atomic E-state index is 0.334. The number of fused-ring (bicyclic) bond motifs is 4. The molecule has 0 aromatic carbocycles. The largest absolute Gasteiger partial charge is 0.325 e. The van der Waals surface area contributed by atoms with E-state index in [0.29, 0.717) is 5.54 Å². The first-order valence-electron chi connectivity index (χ1n) is 5.11. The number of hydrogen-bond donors (Lipinski definition) is 1. The topological polar surface area (TPSA) is 26.0 Å². The third kappa shape index (κ3) is 0.581. The molecule has 3 fully saturated rings. The second-order valence-corrected chi connectivity index (χ2v) is 4.81. The summed E-state index contributed by atoms with van der Waals surface area (Å²) >= 11 is 0. The molecule has 11 heavy (non-hydrogen) atoms. The predicted molar refractivity (Wildman–Crippen MR) is 45.1 cm³/mol. The summed E-state index contributed by atoms with van der Waals surface area (Å²) in [5.41, 5.74) is 6.73. The predicted octanol–water partition coefficient (Wildman–Crippen LogP) is 1.91. The Morgan fingerprint density at radius 1 is 1.00 bits per heavy atom. The van der Waals surface area contributed by atoms with E-state index in [9.17, 15) is 0 Å². The fourth-order valence-corrected chi connectivity index (χ4v) is 4.17. The van der Waals surface area contributed by atoms with Crippen LogP contribution in [0.25, 0.3) is 0 Å². The van der Waals surface area contributed by atoms with Gasteiger partial charge in [-0.05, 0) is 43.4 Å². The molecule has 3 saturated carbocycles. The molecule has 0 spiro atoms. The van der Waals surface area contributed by atoms with Crippen LogP contribution in [0.2, 0.25) is 0 Å². The van der Waals surface area contributed by atoms with Crippen molar-refractivity contribution in [2.45, 2.75) is 44.1 Å². The molecular weight excluding hydrogens is 134 g/mol. The van der Waals surface area contributed by atoms with Gasteiger partial charge in [0.25, 0.3) is 0 Å². The molecule has 2 N–H and O–H groups in total. The minimum Gasteiger partial charge on any atom is -0.325 e. The van der Waals surface area contributed by atoms with Gasteiger partial charge in [-0.2, -0.15) is 0 Å². The summed E-state index contributed by atoms with van der Waals surface area (Å²) in [5.74, 6) is 2.94. The zero-order valence-corrected chi connectivity index (χ0v) is 7.05. The van der Waals surface area contributed by atoms with Crippen LogP contribution in [0.1, 0.15) is 38.5 Å². The molecule has 62 valence electrons. The highest BCUT2D eigenvalue weighted by Crippen LogP contribution is 2.62. The SMILES string of the molecule is NC12CCCC1C1CCCC12. The summed E-state index contributed by atoms with van der Waals surface area (Å²) in [6.45, 7) is 0. The van der Waals surface area contributed by atoms with E-state index in [4.69, 9.17) is 5.73 Å². The number of hydrogen-bond acceptors (Lipinski definition) is 1. The summed E-state index contributed by atoms with van der Waals surface area (Å²) in [6.07, 6.45) is 8.58. The van der Waals surface area contributed by atoms with Gasteiger partial charge in [0, 0.05) is 5.54 Å². The van der Waals surface area contributed by atoms with E-state index in [0.717, 1.165) is 17.8 Å². The van der Waals surface area contributed by atoms with E-state index < -0.39 is 0 Å². The molecule has 0 aliphatic heterocycles. The summed E-state index contributed by atoms with van der Waals surface area (Å²) in [6, 6.07) is 0. The molecule has 0 aromatic heterocycles. The van der Waals surface area contributed by atoms with Gasteiger partial charge in [-0.3, -0.25) is 0 Å². The lowest BCUT2D eigenvalue weighted by Gasteiger charge is -2.54. The highest BCUT2D eigenvalue weighted by molar-refractivity contribution is 5.16. The lowest BCUT2D eigenvalue weighted by molar-refractivity contribution is -0.00200. The van der Waals surface area contributed by atoms with Crippen LogP contribution < -0.4 is 5.73 Å². The average molecular weight is 151 g/mol. The number of rotatable bonds is 0. The van der Waals surface area contributed by atoms with Crippen LogP contribution in [0.3, 0.4) is 0 Å². The minimum atomic E-state index is 0.334. The fourth-order valence-electron chi connectivity index (χ4n) is 4.17. The van der Waals surface area contributed by atoms with E-state index in [1.165, 1.54) is 38.5 Å². The van der Waals surface area contributed by atoms with Crippen molar-refractivity contribution in [3.63, 3.8) is 0 Å². The van der Waals surface area contributed by atoms with E-state index in [1.807, 2.05) is 0 Å². The normalized spacial score (nSPS) is 60.3. The Hall–Kier alpha value is -0.0400. The van der Waals surface area contributed by atoms with Crippen molar-refractivity contribution >= 4 is 0 Å². The van der Waals surface area contributed by atoms with Crippen molar-refractivity contribution in [3.8, 4) is 0 Å². The fraction of sp³-hybridized carbons (Fsp3) is 1.00. The molecule has 1 nitrogen and oxygen atoms in total. The Labute approximate surface area is 68.3 Å². The van der Waals surface area contributed by atoms with E-state index in [-0.39, 0.29) is 0 Å². The Kier molecular flexibility index (Phi) is 1.07. The monoisotopic (exact) mass is 151 g/mol. The van der Waals surface area contributed by atoms with Crippen molar-refractivity contribution < 1.29 is 0 Å². The average Bonchev–Trinajstić information content (AvgIpc) is 2.51. The van der Waals surface area contributed by atoms with Crippen LogP contribution in [-0.4, -0.2) is 5.54 Å². The van der Waals surface area contributed by atoms with Crippen LogP contribution in [0.5, 0.6) is 0 Å². The van der Waals surface area contributed by atoms with Crippen LogP contribution in [-0.2, 0) is 0 Å². The van der Waals surface area contributed by atoms with Gasteiger partial charge in [-0.15, -0.1) is 0 Å². The van der Waals surface area contributed by atoms with Gasteiger partial charge in [0.05, 0.1) is 0 Å². The Morgan fingerprint density at radius 2 is 1.73 bits per heavy atom. The molecule has 0 heterocycles. The smallest absolute Gasteiger partial charge is 0.0217 e. The van der Waals surface area contributed by atoms with Gasteiger partial charge in [-0.25, -0.2) is 0 Å². The van der Waals surface area contributed by atoms with Crippen molar-refractivity contribution in [1.82, 2.24) is 0 Å². The van der Waals surface area contributed by atoms with Crippen molar-refractivity contribution in [2.75, 3.05) is 0 Å². The number of nitrogens with two attached hydrogens (primary N) is 1. The van der Waals surface area contributed by atoms with Gasteiger partial charge >= 0.3 is 0 Å². The van der Waals surface area contributed by atoms with Gasteiger partial charge in [0.1, 0.15) is 0 Å². The maximum atomic E-state index is 6.39. The second-order valence-electron chi connectivity index (χ2n) is 4.81. The molecular formula is C10H17N. The van der Waals surface area contributed by atoms with Gasteiger partial charge in [-0.1, -0.05) is 12.8 Å². The van der Waals surface area contributed by atoms with Gasteiger partial charge < -0.3 is 5.73 Å². The third-order valence-electron chi connectivity index (χ3n) is 4.59. The quantitative estimate of drug-likeness (QED) is 0.562. The van der Waals surface area contributed by atoms with Gasteiger partial charge in [0.2, 0.25) is 0 Å². The molecule has 0 saturated heterocycles. The summed E-state index contributed by atoms with van der Waals surface area (Å²) < 4.78 is 0. The van der Waals surface area contributed by atoms with Crippen LogP contribution in [0, 0.1) is 17.8 Å². The molecule has 0 amide bonds. The summed E-state index contributed by atoms with van der Waals surface area (Å²) in [5, 5.41) is 0. The Balaban J connectivity index is 1.92. The standard InChI is InChI=1S/C10H17N/c11-10-6-2-5-9(10)7-3-1-4-8(7)10/h7-9H,1-6,11H2. The van der Waals surface area contributed by atoms with Crippen LogP contribution >= 0.6 is 0 Å². The van der Waals surface area contributed by atoms with Crippen molar-refractivity contribution in [2.24, 2.45) is 23.5 Å². The maximum Gasteiger partial charge on any atom is 0.0217 e. The molecule has 0 bridgehead atoms. The molecule has 1 heteroatoms. The van der Waals surface area contributed by atoms with Crippen LogP contribution in [0.4, 0.5) is 0 Å². The van der Waals surface area contributed by atoms with E-state index in [1.54, 1.807) is 0 Å². The van der Waals surface area contributed by atoms with E-state index >= 15 is 0 Å². The first-order valence-corrected chi connectivity index (χ1v) is 5.11. The zero-order chi connectivity index (χ0) is 7.47. The molecule has 0 radical (unpaired) electrons. The molecule has 3 aliphatic rings. The van der Waals surface area contributed by atoms with Crippen LogP contribution in [0.15, 0.2) is 0 Å². The second kappa shape index (κ2) is 1.82. The highest BCUT2D eigenvalue weighted by atomic mass is 14.9. The van der Waals surface area contributed by atoms with Gasteiger partial charge in [0.15, 0.2) is 0 Å². The summed E-state index contributed by atoms with van der Waals surface area (Å²) in [7, 11) is 0. The first kappa shape index (κ1) is 6.47. The lowest BCUT2D eigenvalue weighted by atomic mass is 9.55. The first-order chi connectivity index (χ1) is 5.32. The molecule has 3 aliphatic carbocycles.